The van der Waals surface area contributed by atoms with Gasteiger partial charge in [-0.15, -0.1) is 0 Å². The van der Waals surface area contributed by atoms with Gasteiger partial charge in [-0.3, -0.25) is 4.79 Å². The molecule has 2 heteroatoms. The van der Waals surface area contributed by atoms with Crippen LogP contribution in [0.25, 0.3) is 0 Å². The average Bonchev–Trinajstić information content (AvgIpc) is 2.20. The van der Waals surface area contributed by atoms with Gasteiger partial charge in [0, 0.05) is 11.6 Å². The van der Waals surface area contributed by atoms with Gasteiger partial charge in [0.25, 0.3) is 0 Å². The van der Waals surface area contributed by atoms with E-state index < -0.39 is 0 Å². The largest absolute Gasteiger partial charge is 0.310 e. The van der Waals surface area contributed by atoms with Crippen LogP contribution in [0.1, 0.15) is 60.3 Å². The second-order valence-electron chi connectivity index (χ2n) is 5.52. The molecule has 0 heterocycles. The Hall–Kier alpha value is -0.920. The van der Waals surface area contributed by atoms with Crippen LogP contribution < -0.4 is 0 Å². The number of Topliss-reactive ketones (excluding diaryl/α,β-unsaturated/α-hetero) is 1. The molecule has 0 radical (unpaired) electrons. The van der Waals surface area contributed by atoms with E-state index >= 15 is 0 Å². The predicted molar refractivity (Wildman–Crippen MR) is 74.6 cm³/mol. The summed E-state index contributed by atoms with van der Waals surface area (Å²) in [6, 6.07) is 0. The molecule has 0 fully saturated rings. The fourth-order valence-electron chi connectivity index (χ4n) is 1.74. The number of rotatable bonds is 8. The van der Waals surface area contributed by atoms with E-state index in [1.54, 1.807) is 0 Å². The Balaban J connectivity index is 4.41. The fourth-order valence-corrected chi connectivity index (χ4v) is 1.74. The van der Waals surface area contributed by atoms with Crippen LogP contribution in [-0.4, -0.2) is 11.5 Å². The molecule has 0 bridgehead atoms. The lowest BCUT2D eigenvalue weighted by molar-refractivity contribution is -0.118. The van der Waals surface area contributed by atoms with Gasteiger partial charge in [0.15, 0.2) is 5.78 Å². The van der Waals surface area contributed by atoms with E-state index in [1.165, 1.54) is 0 Å². The SMILES string of the molecule is CC(=N)CCC/C=C(/CC(C)C)C(=O)C(C)C. The Morgan fingerprint density at radius 1 is 1.24 bits per heavy atom. The van der Waals surface area contributed by atoms with Crippen molar-refractivity contribution in [3.05, 3.63) is 11.6 Å². The molecule has 0 rings (SSSR count). The van der Waals surface area contributed by atoms with Crippen LogP contribution >= 0.6 is 0 Å². The third-order valence-corrected chi connectivity index (χ3v) is 2.62. The van der Waals surface area contributed by atoms with Gasteiger partial charge in [0.05, 0.1) is 0 Å². The fraction of sp³-hybridized carbons (Fsp3) is 0.733. The van der Waals surface area contributed by atoms with Crippen molar-refractivity contribution >= 4 is 11.5 Å². The first-order chi connectivity index (χ1) is 7.84. The van der Waals surface area contributed by atoms with E-state index in [-0.39, 0.29) is 11.7 Å². The van der Waals surface area contributed by atoms with Crippen molar-refractivity contribution in [2.45, 2.75) is 60.3 Å². The monoisotopic (exact) mass is 237 g/mol. The minimum Gasteiger partial charge on any atom is -0.310 e. The molecule has 0 aromatic rings. The molecule has 0 atom stereocenters. The van der Waals surface area contributed by atoms with E-state index in [0.717, 1.165) is 37.0 Å². The van der Waals surface area contributed by atoms with Crippen molar-refractivity contribution in [1.29, 1.82) is 5.41 Å². The zero-order valence-corrected chi connectivity index (χ0v) is 12.0. The lowest BCUT2D eigenvalue weighted by Gasteiger charge is -2.11. The van der Waals surface area contributed by atoms with Crippen molar-refractivity contribution in [2.24, 2.45) is 11.8 Å². The highest BCUT2D eigenvalue weighted by molar-refractivity contribution is 5.96. The highest BCUT2D eigenvalue weighted by Crippen LogP contribution is 2.17. The minimum absolute atomic E-state index is 0.0875. The quantitative estimate of drug-likeness (QED) is 0.379. The molecule has 2 nitrogen and oxygen atoms in total. The highest BCUT2D eigenvalue weighted by Gasteiger charge is 2.14. The van der Waals surface area contributed by atoms with Gasteiger partial charge in [0.2, 0.25) is 0 Å². The smallest absolute Gasteiger partial charge is 0.161 e. The molecule has 1 N–H and O–H groups in total. The third kappa shape index (κ3) is 7.89. The second-order valence-corrected chi connectivity index (χ2v) is 5.52. The predicted octanol–water partition coefficient (Wildman–Crippen LogP) is 4.39. The molecule has 0 amide bonds. The van der Waals surface area contributed by atoms with E-state index in [2.05, 4.69) is 19.9 Å². The maximum absolute atomic E-state index is 12.0. The average molecular weight is 237 g/mol. The summed E-state index contributed by atoms with van der Waals surface area (Å²) in [7, 11) is 0. The molecule has 17 heavy (non-hydrogen) atoms. The van der Waals surface area contributed by atoms with Crippen LogP contribution in [0.15, 0.2) is 11.6 Å². The number of hydrogen-bond acceptors (Lipinski definition) is 2. The van der Waals surface area contributed by atoms with Gasteiger partial charge in [-0.1, -0.05) is 33.8 Å². The van der Waals surface area contributed by atoms with Gasteiger partial charge < -0.3 is 5.41 Å². The maximum atomic E-state index is 12.0. The molecular weight excluding hydrogens is 210 g/mol. The zero-order valence-electron chi connectivity index (χ0n) is 12.0. The lowest BCUT2D eigenvalue weighted by Crippen LogP contribution is -2.12. The van der Waals surface area contributed by atoms with E-state index in [4.69, 9.17) is 5.41 Å². The summed E-state index contributed by atoms with van der Waals surface area (Å²) in [5.74, 6) is 0.892. The Labute approximate surface area is 106 Å². The molecule has 0 saturated heterocycles. The molecule has 0 aromatic heterocycles. The summed E-state index contributed by atoms with van der Waals surface area (Å²) in [5, 5.41) is 7.36. The number of hydrogen-bond donors (Lipinski definition) is 1. The molecule has 98 valence electrons. The summed E-state index contributed by atoms with van der Waals surface area (Å²) >= 11 is 0. The molecule has 0 spiro atoms. The van der Waals surface area contributed by atoms with Crippen molar-refractivity contribution < 1.29 is 4.79 Å². The molecule has 0 aliphatic rings. The van der Waals surface area contributed by atoms with Crippen LogP contribution in [0.3, 0.4) is 0 Å². The van der Waals surface area contributed by atoms with E-state index in [1.807, 2.05) is 20.8 Å². The Morgan fingerprint density at radius 2 is 1.82 bits per heavy atom. The molecule has 0 saturated carbocycles. The first kappa shape index (κ1) is 16.1. The third-order valence-electron chi connectivity index (χ3n) is 2.62. The Morgan fingerprint density at radius 3 is 2.24 bits per heavy atom. The van der Waals surface area contributed by atoms with Crippen LogP contribution in [0.4, 0.5) is 0 Å². The van der Waals surface area contributed by atoms with Gasteiger partial charge in [-0.2, -0.15) is 0 Å². The summed E-state index contributed by atoms with van der Waals surface area (Å²) in [5.41, 5.74) is 1.71. The van der Waals surface area contributed by atoms with Gasteiger partial charge >= 0.3 is 0 Å². The van der Waals surface area contributed by atoms with Crippen molar-refractivity contribution in [1.82, 2.24) is 0 Å². The van der Waals surface area contributed by atoms with Crippen LogP contribution in [0.2, 0.25) is 0 Å². The lowest BCUT2D eigenvalue weighted by atomic mass is 9.92. The standard InChI is InChI=1S/C15H27NO/c1-11(2)10-14(15(17)12(3)4)9-7-6-8-13(5)16/h9,11-12,16H,6-8,10H2,1-5H3/b14-9-,16-13?. The number of ketones is 1. The number of carbonyl (C=O) groups is 1. The number of allylic oxidation sites excluding steroid dienone is 2. The van der Waals surface area contributed by atoms with Crippen LogP contribution in [0, 0.1) is 17.2 Å². The molecule has 0 aromatic carbocycles. The number of unbranched alkanes of at least 4 members (excludes halogenated alkanes) is 1. The second kappa shape index (κ2) is 8.21. The maximum Gasteiger partial charge on any atom is 0.161 e. The first-order valence-corrected chi connectivity index (χ1v) is 6.61. The number of carbonyl (C=O) groups excluding carboxylic acids is 1. The summed E-state index contributed by atoms with van der Waals surface area (Å²) in [4.78, 5) is 12.0. The van der Waals surface area contributed by atoms with Crippen molar-refractivity contribution in [3.8, 4) is 0 Å². The Bertz CT molecular complexity index is 287. The summed E-state index contributed by atoms with van der Waals surface area (Å²) in [6.45, 7) is 10.0. The molecule has 0 unspecified atom stereocenters. The summed E-state index contributed by atoms with van der Waals surface area (Å²) < 4.78 is 0. The normalized spacial score (nSPS) is 12.3. The molecule has 0 aliphatic carbocycles. The van der Waals surface area contributed by atoms with Crippen molar-refractivity contribution in [3.63, 3.8) is 0 Å². The number of nitrogens with one attached hydrogen (secondary N) is 1. The topological polar surface area (TPSA) is 40.9 Å². The van der Waals surface area contributed by atoms with Crippen LogP contribution in [-0.2, 0) is 4.79 Å². The van der Waals surface area contributed by atoms with Gasteiger partial charge in [-0.05, 0) is 44.1 Å². The van der Waals surface area contributed by atoms with E-state index in [9.17, 15) is 4.79 Å². The Kier molecular flexibility index (Phi) is 7.77. The zero-order chi connectivity index (χ0) is 13.4. The molecule has 0 aliphatic heterocycles. The van der Waals surface area contributed by atoms with Crippen molar-refractivity contribution in [2.75, 3.05) is 0 Å². The minimum atomic E-state index is 0.0875. The van der Waals surface area contributed by atoms with Gasteiger partial charge in [0.1, 0.15) is 0 Å². The van der Waals surface area contributed by atoms with E-state index in [0.29, 0.717) is 5.92 Å². The highest BCUT2D eigenvalue weighted by atomic mass is 16.1. The first-order valence-electron chi connectivity index (χ1n) is 6.61. The summed E-state index contributed by atoms with van der Waals surface area (Å²) in [6.07, 6.45) is 5.69. The van der Waals surface area contributed by atoms with Gasteiger partial charge in [-0.25, -0.2) is 0 Å². The van der Waals surface area contributed by atoms with Crippen LogP contribution in [0.5, 0.6) is 0 Å². The molecular formula is C15H27NO.